The van der Waals surface area contributed by atoms with Gasteiger partial charge in [-0.25, -0.2) is 0 Å². The van der Waals surface area contributed by atoms with Crippen LogP contribution < -0.4 is 15.8 Å². The molecular weight excluding hydrogens is 188 g/mol. The van der Waals surface area contributed by atoms with Crippen LogP contribution >= 0.6 is 0 Å². The van der Waals surface area contributed by atoms with Gasteiger partial charge in [0.2, 0.25) is 0 Å². The topological polar surface area (TPSA) is 47.3 Å². The zero-order valence-corrected chi connectivity index (χ0v) is 8.96. The minimum atomic E-state index is 0.687. The summed E-state index contributed by atoms with van der Waals surface area (Å²) >= 11 is 0. The molecule has 1 heterocycles. The molecule has 0 amide bonds. The number of hydrogen-bond acceptors (Lipinski definition) is 3. The molecule has 3 N–H and O–H groups in total. The van der Waals surface area contributed by atoms with Crippen LogP contribution in [0.4, 0.5) is 5.69 Å². The van der Waals surface area contributed by atoms with Crippen molar-refractivity contribution in [3.05, 3.63) is 23.8 Å². The molecule has 0 radical (unpaired) electrons. The lowest BCUT2D eigenvalue weighted by molar-refractivity contribution is 0.313. The Morgan fingerprint density at radius 2 is 2.33 bits per heavy atom. The molecule has 1 aliphatic rings. The van der Waals surface area contributed by atoms with Crippen LogP contribution in [0.3, 0.4) is 0 Å². The van der Waals surface area contributed by atoms with Crippen LogP contribution in [0, 0.1) is 0 Å². The Morgan fingerprint density at radius 1 is 1.40 bits per heavy atom. The van der Waals surface area contributed by atoms with Gasteiger partial charge in [-0.3, -0.25) is 0 Å². The summed E-state index contributed by atoms with van der Waals surface area (Å²) in [5.41, 5.74) is 8.04. The number of ether oxygens (including phenoxy) is 1. The molecule has 0 fully saturated rings. The van der Waals surface area contributed by atoms with Crippen LogP contribution in [-0.4, -0.2) is 19.7 Å². The standard InChI is InChI=1S/C12H18N2O/c13-6-2-8-15-11-4-5-12-10(9-11)3-1-7-14-12/h4-5,9,14H,1-3,6-8,13H2. The first-order valence-corrected chi connectivity index (χ1v) is 5.60. The molecule has 15 heavy (non-hydrogen) atoms. The lowest BCUT2D eigenvalue weighted by Gasteiger charge is -2.18. The largest absolute Gasteiger partial charge is 0.494 e. The van der Waals surface area contributed by atoms with E-state index < -0.39 is 0 Å². The number of hydrogen-bond donors (Lipinski definition) is 2. The fourth-order valence-electron chi connectivity index (χ4n) is 1.81. The van der Waals surface area contributed by atoms with E-state index in [0.29, 0.717) is 13.2 Å². The molecule has 0 aliphatic carbocycles. The van der Waals surface area contributed by atoms with Crippen LogP contribution in [0.25, 0.3) is 0 Å². The first-order valence-electron chi connectivity index (χ1n) is 5.60. The van der Waals surface area contributed by atoms with Crippen LogP contribution in [0.1, 0.15) is 18.4 Å². The Hall–Kier alpha value is -1.22. The molecule has 0 aromatic heterocycles. The Kier molecular flexibility index (Phi) is 3.45. The average Bonchev–Trinajstić information content (AvgIpc) is 2.29. The van der Waals surface area contributed by atoms with E-state index >= 15 is 0 Å². The van der Waals surface area contributed by atoms with Gasteiger partial charge < -0.3 is 15.8 Å². The summed E-state index contributed by atoms with van der Waals surface area (Å²) in [7, 11) is 0. The van der Waals surface area contributed by atoms with Gasteiger partial charge in [0.1, 0.15) is 5.75 Å². The number of benzene rings is 1. The van der Waals surface area contributed by atoms with Crippen molar-refractivity contribution in [3.8, 4) is 5.75 Å². The van der Waals surface area contributed by atoms with Crippen LogP contribution in [0.15, 0.2) is 18.2 Å². The first-order chi connectivity index (χ1) is 7.40. The second kappa shape index (κ2) is 5.03. The van der Waals surface area contributed by atoms with E-state index in [1.54, 1.807) is 0 Å². The van der Waals surface area contributed by atoms with Gasteiger partial charge in [-0.05, 0) is 49.6 Å². The Bertz CT molecular complexity index is 325. The molecule has 1 aliphatic heterocycles. The summed E-state index contributed by atoms with van der Waals surface area (Å²) < 4.78 is 5.60. The molecule has 82 valence electrons. The summed E-state index contributed by atoms with van der Waals surface area (Å²) in [4.78, 5) is 0. The normalized spacial score (nSPS) is 14.2. The fourth-order valence-corrected chi connectivity index (χ4v) is 1.81. The third-order valence-electron chi connectivity index (χ3n) is 2.63. The molecule has 0 atom stereocenters. The van der Waals surface area contributed by atoms with Crippen molar-refractivity contribution >= 4 is 5.69 Å². The molecule has 0 spiro atoms. The molecular formula is C12H18N2O. The van der Waals surface area contributed by atoms with Gasteiger partial charge in [0.15, 0.2) is 0 Å². The van der Waals surface area contributed by atoms with Gasteiger partial charge in [0, 0.05) is 12.2 Å². The number of anilines is 1. The third kappa shape index (κ3) is 2.63. The molecule has 3 heteroatoms. The van der Waals surface area contributed by atoms with Gasteiger partial charge in [0.05, 0.1) is 6.61 Å². The lowest BCUT2D eigenvalue weighted by atomic mass is 10.0. The maximum atomic E-state index is 5.60. The molecule has 3 nitrogen and oxygen atoms in total. The van der Waals surface area contributed by atoms with Crippen LogP contribution in [0.2, 0.25) is 0 Å². The smallest absolute Gasteiger partial charge is 0.119 e. The van der Waals surface area contributed by atoms with Gasteiger partial charge in [0.25, 0.3) is 0 Å². The van der Waals surface area contributed by atoms with Crippen molar-refractivity contribution in [2.45, 2.75) is 19.3 Å². The molecule has 0 saturated carbocycles. The van der Waals surface area contributed by atoms with E-state index in [1.807, 2.05) is 6.07 Å². The molecule has 0 bridgehead atoms. The highest BCUT2D eigenvalue weighted by Gasteiger charge is 2.08. The summed E-state index contributed by atoms with van der Waals surface area (Å²) in [6.07, 6.45) is 3.27. The zero-order chi connectivity index (χ0) is 10.5. The van der Waals surface area contributed by atoms with E-state index in [-0.39, 0.29) is 0 Å². The highest BCUT2D eigenvalue weighted by molar-refractivity contribution is 5.55. The number of fused-ring (bicyclic) bond motifs is 1. The summed E-state index contributed by atoms with van der Waals surface area (Å²) in [6, 6.07) is 6.26. The first kappa shape index (κ1) is 10.3. The molecule has 2 rings (SSSR count). The summed E-state index contributed by atoms with van der Waals surface area (Å²) in [5, 5.41) is 3.38. The summed E-state index contributed by atoms with van der Waals surface area (Å²) in [5.74, 6) is 0.964. The van der Waals surface area contributed by atoms with E-state index in [4.69, 9.17) is 10.5 Å². The molecule has 1 aromatic carbocycles. The Balaban J connectivity index is 2.00. The number of nitrogens with two attached hydrogens (primary N) is 1. The quantitative estimate of drug-likeness (QED) is 0.738. The molecule has 1 aromatic rings. The highest BCUT2D eigenvalue weighted by Crippen LogP contribution is 2.26. The van der Waals surface area contributed by atoms with Gasteiger partial charge >= 0.3 is 0 Å². The van der Waals surface area contributed by atoms with E-state index in [9.17, 15) is 0 Å². The van der Waals surface area contributed by atoms with Crippen molar-refractivity contribution < 1.29 is 4.74 Å². The number of nitrogens with one attached hydrogen (secondary N) is 1. The Labute approximate surface area is 90.6 Å². The van der Waals surface area contributed by atoms with Crippen molar-refractivity contribution in [3.63, 3.8) is 0 Å². The predicted octanol–water partition coefficient (Wildman–Crippen LogP) is 1.77. The monoisotopic (exact) mass is 206 g/mol. The van der Waals surface area contributed by atoms with Crippen molar-refractivity contribution in [2.24, 2.45) is 5.73 Å². The van der Waals surface area contributed by atoms with E-state index in [1.165, 1.54) is 17.7 Å². The molecule has 0 unspecified atom stereocenters. The SMILES string of the molecule is NCCCOc1ccc2c(c1)CCCN2. The number of aryl methyl sites for hydroxylation is 1. The van der Waals surface area contributed by atoms with Crippen molar-refractivity contribution in [1.29, 1.82) is 0 Å². The molecule has 0 saturated heterocycles. The second-order valence-corrected chi connectivity index (χ2v) is 3.84. The van der Waals surface area contributed by atoms with Crippen molar-refractivity contribution in [2.75, 3.05) is 25.0 Å². The number of rotatable bonds is 4. The van der Waals surface area contributed by atoms with E-state index in [2.05, 4.69) is 17.4 Å². The van der Waals surface area contributed by atoms with Gasteiger partial charge in [-0.2, -0.15) is 0 Å². The summed E-state index contributed by atoms with van der Waals surface area (Å²) in [6.45, 7) is 2.48. The minimum absolute atomic E-state index is 0.687. The van der Waals surface area contributed by atoms with Gasteiger partial charge in [-0.15, -0.1) is 0 Å². The average molecular weight is 206 g/mol. The zero-order valence-electron chi connectivity index (χ0n) is 8.96. The van der Waals surface area contributed by atoms with Crippen molar-refractivity contribution in [1.82, 2.24) is 0 Å². The second-order valence-electron chi connectivity index (χ2n) is 3.84. The van der Waals surface area contributed by atoms with Gasteiger partial charge in [-0.1, -0.05) is 0 Å². The highest BCUT2D eigenvalue weighted by atomic mass is 16.5. The Morgan fingerprint density at radius 3 is 3.20 bits per heavy atom. The maximum Gasteiger partial charge on any atom is 0.119 e. The third-order valence-corrected chi connectivity index (χ3v) is 2.63. The fraction of sp³-hybridized carbons (Fsp3) is 0.500. The minimum Gasteiger partial charge on any atom is -0.494 e. The van der Waals surface area contributed by atoms with E-state index in [0.717, 1.165) is 25.1 Å². The predicted molar refractivity (Wildman–Crippen MR) is 62.4 cm³/mol. The van der Waals surface area contributed by atoms with Crippen LogP contribution in [0.5, 0.6) is 5.75 Å². The lowest BCUT2D eigenvalue weighted by Crippen LogP contribution is -2.12. The van der Waals surface area contributed by atoms with Crippen LogP contribution in [-0.2, 0) is 6.42 Å². The maximum absolute atomic E-state index is 5.60.